The Balaban J connectivity index is 1.64. The Morgan fingerprint density at radius 1 is 0.917 bits per heavy atom. The number of nitrogens with zero attached hydrogens (tertiary/aromatic N) is 3. The van der Waals surface area contributed by atoms with Crippen LogP contribution < -0.4 is 10.2 Å². The minimum atomic E-state index is -0.425. The van der Waals surface area contributed by atoms with Gasteiger partial charge in [0.05, 0.1) is 17.3 Å². The van der Waals surface area contributed by atoms with E-state index in [1.807, 2.05) is 74.7 Å². The average Bonchev–Trinajstić information content (AvgIpc) is 3.36. The van der Waals surface area contributed by atoms with E-state index in [-0.39, 0.29) is 6.03 Å². The van der Waals surface area contributed by atoms with Crippen molar-refractivity contribution in [2.45, 2.75) is 38.6 Å². The number of nitrogens with one attached hydrogen (secondary N) is 1. The first-order valence-corrected chi connectivity index (χ1v) is 13.0. The molecule has 1 unspecified atom stereocenters. The van der Waals surface area contributed by atoms with Crippen molar-refractivity contribution in [2.75, 3.05) is 11.2 Å². The van der Waals surface area contributed by atoms with Gasteiger partial charge in [-0.2, -0.15) is 4.98 Å². The zero-order valence-corrected chi connectivity index (χ0v) is 21.8. The number of thioether (sulfide) groups is 1. The number of amides is 2. The zero-order chi connectivity index (χ0) is 25.4. The van der Waals surface area contributed by atoms with E-state index in [0.717, 1.165) is 39.2 Å². The van der Waals surface area contributed by atoms with Gasteiger partial charge in [-0.25, -0.2) is 4.79 Å². The van der Waals surface area contributed by atoms with Crippen LogP contribution in [0.25, 0.3) is 17.0 Å². The van der Waals surface area contributed by atoms with Crippen LogP contribution in [0, 0.1) is 20.8 Å². The van der Waals surface area contributed by atoms with E-state index in [1.165, 1.54) is 10.5 Å². The Bertz CT molecular complexity index is 1460. The molecule has 0 fully saturated rings. The second-order valence-electron chi connectivity index (χ2n) is 9.05. The number of carbonyl (C=O) groups excluding carboxylic acids is 1. The van der Waals surface area contributed by atoms with E-state index in [2.05, 4.69) is 36.5 Å². The molecule has 182 valence electrons. The van der Waals surface area contributed by atoms with E-state index >= 15 is 0 Å². The Morgan fingerprint density at radius 3 is 2.31 bits per heavy atom. The largest absolute Gasteiger partial charge is 0.334 e. The molecule has 1 N–H and O–H groups in total. The Hall–Kier alpha value is -3.84. The van der Waals surface area contributed by atoms with Crippen LogP contribution in [0.2, 0.25) is 0 Å². The second kappa shape index (κ2) is 9.66. The molecular weight excluding hydrogens is 468 g/mol. The van der Waals surface area contributed by atoms with Gasteiger partial charge >= 0.3 is 6.03 Å². The topological polar surface area (TPSA) is 71.3 Å². The van der Waals surface area contributed by atoms with E-state index in [1.54, 1.807) is 16.7 Å². The van der Waals surface area contributed by atoms with Crippen molar-refractivity contribution < 1.29 is 9.32 Å². The summed E-state index contributed by atoms with van der Waals surface area (Å²) in [4.78, 5) is 21.0. The fraction of sp³-hybridized carbons (Fsp3) is 0.207. The SMILES string of the molecule is CSc1ccc(-c2noc(C3=C(C)N(c4ccc(C)cc4)C(=O)NC3c3ccc(C)c(C)c3)n2)cc1. The molecule has 0 aliphatic carbocycles. The first-order chi connectivity index (χ1) is 17.4. The number of anilines is 1. The first-order valence-electron chi connectivity index (χ1n) is 11.8. The van der Waals surface area contributed by atoms with Gasteiger partial charge in [-0.05, 0) is 87.0 Å². The molecule has 7 heteroatoms. The lowest BCUT2D eigenvalue weighted by Crippen LogP contribution is -2.46. The van der Waals surface area contributed by atoms with Crippen LogP contribution in [-0.2, 0) is 0 Å². The van der Waals surface area contributed by atoms with E-state index in [9.17, 15) is 4.79 Å². The molecule has 1 aliphatic heterocycles. The zero-order valence-electron chi connectivity index (χ0n) is 21.0. The maximum Gasteiger partial charge on any atom is 0.326 e. The summed E-state index contributed by atoms with van der Waals surface area (Å²) in [6.45, 7) is 8.10. The van der Waals surface area contributed by atoms with Crippen LogP contribution in [0.5, 0.6) is 0 Å². The van der Waals surface area contributed by atoms with Crippen LogP contribution in [0.15, 0.2) is 81.8 Å². The van der Waals surface area contributed by atoms with Gasteiger partial charge < -0.3 is 9.84 Å². The van der Waals surface area contributed by atoms with Crippen LogP contribution in [0.4, 0.5) is 10.5 Å². The Morgan fingerprint density at radius 2 is 1.64 bits per heavy atom. The number of carbonyl (C=O) groups is 1. The fourth-order valence-electron chi connectivity index (χ4n) is 4.41. The molecule has 1 aromatic heterocycles. The van der Waals surface area contributed by atoms with E-state index in [4.69, 9.17) is 9.51 Å². The molecule has 1 atom stereocenters. The molecule has 0 saturated heterocycles. The number of hydrogen-bond acceptors (Lipinski definition) is 5. The average molecular weight is 497 g/mol. The molecule has 0 saturated carbocycles. The highest BCUT2D eigenvalue weighted by Gasteiger charge is 2.36. The molecule has 1 aliphatic rings. The Kier molecular flexibility index (Phi) is 6.41. The highest BCUT2D eigenvalue weighted by atomic mass is 32.2. The molecule has 2 heterocycles. The number of benzene rings is 3. The lowest BCUT2D eigenvalue weighted by atomic mass is 9.92. The van der Waals surface area contributed by atoms with Crippen molar-refractivity contribution in [2.24, 2.45) is 0 Å². The molecule has 0 bridgehead atoms. The molecule has 36 heavy (non-hydrogen) atoms. The predicted octanol–water partition coefficient (Wildman–Crippen LogP) is 7.09. The highest BCUT2D eigenvalue weighted by molar-refractivity contribution is 7.98. The van der Waals surface area contributed by atoms with Gasteiger partial charge in [0.2, 0.25) is 5.82 Å². The summed E-state index contributed by atoms with van der Waals surface area (Å²) in [6.07, 6.45) is 2.04. The number of urea groups is 1. The normalized spacial score (nSPS) is 15.9. The molecule has 2 amide bonds. The third-order valence-corrected chi connectivity index (χ3v) is 7.39. The maximum atomic E-state index is 13.4. The van der Waals surface area contributed by atoms with E-state index in [0.29, 0.717) is 11.7 Å². The van der Waals surface area contributed by atoms with E-state index < -0.39 is 6.04 Å². The summed E-state index contributed by atoms with van der Waals surface area (Å²) in [5, 5.41) is 7.47. The highest BCUT2D eigenvalue weighted by Crippen LogP contribution is 2.39. The van der Waals surface area contributed by atoms with Crippen molar-refractivity contribution in [3.63, 3.8) is 0 Å². The van der Waals surface area contributed by atoms with Crippen LogP contribution in [-0.4, -0.2) is 22.4 Å². The van der Waals surface area contributed by atoms with Gasteiger partial charge in [0, 0.05) is 16.2 Å². The van der Waals surface area contributed by atoms with Crippen molar-refractivity contribution in [1.82, 2.24) is 15.5 Å². The molecule has 6 nitrogen and oxygen atoms in total. The first kappa shape index (κ1) is 23.9. The van der Waals surface area contributed by atoms with Gasteiger partial charge in [-0.15, -0.1) is 11.8 Å². The van der Waals surface area contributed by atoms with Gasteiger partial charge in [0.1, 0.15) is 0 Å². The molecule has 5 rings (SSSR count). The summed E-state index contributed by atoms with van der Waals surface area (Å²) in [7, 11) is 0. The number of aromatic nitrogens is 2. The summed E-state index contributed by atoms with van der Waals surface area (Å²) < 4.78 is 5.83. The fourth-order valence-corrected chi connectivity index (χ4v) is 4.82. The molecule has 4 aromatic rings. The lowest BCUT2D eigenvalue weighted by molar-refractivity contribution is 0.244. The van der Waals surface area contributed by atoms with Crippen molar-refractivity contribution in [3.8, 4) is 11.4 Å². The van der Waals surface area contributed by atoms with Crippen LogP contribution >= 0.6 is 11.8 Å². The van der Waals surface area contributed by atoms with Gasteiger partial charge in [0.15, 0.2) is 0 Å². The Labute approximate surface area is 215 Å². The standard InChI is InChI=1S/C29H28N4O2S/c1-17-6-12-23(13-7-17)33-20(4)25(26(30-29(33)34)22-9-8-18(2)19(3)16-22)28-31-27(32-35-28)21-10-14-24(36-5)15-11-21/h6-16,26H,1-5H3,(H,30,34). The third kappa shape index (κ3) is 4.42. The van der Waals surface area contributed by atoms with Gasteiger partial charge in [-0.1, -0.05) is 41.1 Å². The maximum absolute atomic E-state index is 13.4. The molecule has 3 aromatic carbocycles. The molecule has 0 radical (unpaired) electrons. The predicted molar refractivity (Wildman–Crippen MR) is 145 cm³/mol. The van der Waals surface area contributed by atoms with Crippen molar-refractivity contribution >= 4 is 29.1 Å². The number of rotatable bonds is 5. The quantitative estimate of drug-likeness (QED) is 0.299. The summed E-state index contributed by atoms with van der Waals surface area (Å²) in [5.41, 5.74) is 7.61. The smallest absolute Gasteiger partial charge is 0.326 e. The van der Waals surface area contributed by atoms with Crippen molar-refractivity contribution in [3.05, 3.63) is 101 Å². The van der Waals surface area contributed by atoms with Gasteiger partial charge in [-0.3, -0.25) is 4.90 Å². The van der Waals surface area contributed by atoms with Crippen LogP contribution in [0.3, 0.4) is 0 Å². The van der Waals surface area contributed by atoms with Crippen molar-refractivity contribution in [1.29, 1.82) is 0 Å². The lowest BCUT2D eigenvalue weighted by Gasteiger charge is -2.35. The minimum absolute atomic E-state index is 0.198. The molecular formula is C29H28N4O2S. The summed E-state index contributed by atoms with van der Waals surface area (Å²) in [5.74, 6) is 0.896. The number of allylic oxidation sites excluding steroid dienone is 1. The summed E-state index contributed by atoms with van der Waals surface area (Å²) >= 11 is 1.68. The third-order valence-electron chi connectivity index (χ3n) is 6.65. The summed E-state index contributed by atoms with van der Waals surface area (Å²) in [6, 6.07) is 21.5. The minimum Gasteiger partial charge on any atom is -0.334 e. The van der Waals surface area contributed by atoms with Crippen LogP contribution in [0.1, 0.15) is 41.1 Å². The number of hydrogen-bond donors (Lipinski definition) is 1. The second-order valence-corrected chi connectivity index (χ2v) is 9.93. The van der Waals surface area contributed by atoms with Gasteiger partial charge in [0.25, 0.3) is 5.89 Å². The molecule has 0 spiro atoms. The monoisotopic (exact) mass is 496 g/mol. The number of aryl methyl sites for hydroxylation is 3.